The Balaban J connectivity index is 1.78. The third kappa shape index (κ3) is 4.49. The molecule has 0 aliphatic rings. The van der Waals surface area contributed by atoms with Gasteiger partial charge in [0.15, 0.2) is 0 Å². The summed E-state index contributed by atoms with van der Waals surface area (Å²) in [5.74, 6) is -1.27. The number of carbonyl (C=O) groups excluding carboxylic acids is 2. The first kappa shape index (κ1) is 19.4. The van der Waals surface area contributed by atoms with Gasteiger partial charge in [-0.3, -0.25) is 4.79 Å². The highest BCUT2D eigenvalue weighted by molar-refractivity contribution is 7.09. The largest absolute Gasteiger partial charge is 0.545 e. The van der Waals surface area contributed by atoms with Gasteiger partial charge in [0, 0.05) is 27.1 Å². The highest BCUT2D eigenvalue weighted by Gasteiger charge is 2.12. The first-order valence-electron chi connectivity index (χ1n) is 8.01. The number of carboxylic acids is 1. The standard InChI is InChI=1S/C20H13ClN2O4S/c21-17-5-3-12(9-16(17)20(25)26)18-6-4-14(27-18)8-13(10-22)19(24)23-11-15-2-1-7-28-15/h1-9H,11H2,(H,23,24)(H,25,26)/p-1/b13-8+. The van der Waals surface area contributed by atoms with Crippen molar-refractivity contribution in [1.29, 1.82) is 5.26 Å². The first-order chi connectivity index (χ1) is 13.5. The minimum atomic E-state index is -1.40. The Labute approximate surface area is 169 Å². The summed E-state index contributed by atoms with van der Waals surface area (Å²) in [5.41, 5.74) is 0.214. The van der Waals surface area contributed by atoms with Crippen molar-refractivity contribution >= 4 is 40.9 Å². The van der Waals surface area contributed by atoms with Crippen LogP contribution in [0.4, 0.5) is 0 Å². The number of hydrogen-bond acceptors (Lipinski definition) is 6. The van der Waals surface area contributed by atoms with Crippen LogP contribution in [0.15, 0.2) is 57.8 Å². The summed E-state index contributed by atoms with van der Waals surface area (Å²) < 4.78 is 5.62. The van der Waals surface area contributed by atoms with Gasteiger partial charge in [0.25, 0.3) is 5.91 Å². The van der Waals surface area contributed by atoms with Crippen molar-refractivity contribution < 1.29 is 19.1 Å². The van der Waals surface area contributed by atoms with E-state index in [-0.39, 0.29) is 21.9 Å². The summed E-state index contributed by atoms with van der Waals surface area (Å²) in [6, 6.07) is 13.1. The molecule has 0 fully saturated rings. The normalized spacial score (nSPS) is 11.1. The molecule has 3 aromatic rings. The minimum absolute atomic E-state index is 0.0598. The van der Waals surface area contributed by atoms with Crippen LogP contribution >= 0.6 is 22.9 Å². The lowest BCUT2D eigenvalue weighted by molar-refractivity contribution is -0.255. The molecule has 8 heteroatoms. The molecule has 0 bridgehead atoms. The monoisotopic (exact) mass is 411 g/mol. The molecule has 0 atom stereocenters. The Morgan fingerprint density at radius 1 is 1.29 bits per heavy atom. The average molecular weight is 412 g/mol. The molecule has 0 saturated heterocycles. The fourth-order valence-electron chi connectivity index (χ4n) is 2.39. The van der Waals surface area contributed by atoms with E-state index in [0.717, 1.165) is 4.88 Å². The third-order valence-electron chi connectivity index (χ3n) is 3.75. The number of nitriles is 1. The molecular weight excluding hydrogens is 400 g/mol. The molecule has 3 rings (SSSR count). The number of nitrogens with one attached hydrogen (secondary N) is 1. The molecule has 0 spiro atoms. The maximum atomic E-state index is 12.2. The zero-order valence-corrected chi connectivity index (χ0v) is 15.8. The Bertz CT molecular complexity index is 1090. The van der Waals surface area contributed by atoms with E-state index in [1.165, 1.54) is 29.5 Å². The van der Waals surface area contributed by atoms with Gasteiger partial charge in [-0.2, -0.15) is 5.26 Å². The lowest BCUT2D eigenvalue weighted by atomic mass is 10.1. The van der Waals surface area contributed by atoms with Crippen LogP contribution in [0, 0.1) is 11.3 Å². The number of carbonyl (C=O) groups is 2. The summed E-state index contributed by atoms with van der Waals surface area (Å²) >= 11 is 7.33. The SMILES string of the molecule is N#C/C(=C\c1ccc(-c2ccc(Cl)c(C(=O)[O-])c2)o1)C(=O)NCc1cccs1. The lowest BCUT2D eigenvalue weighted by Crippen LogP contribution is -2.23. The van der Waals surface area contributed by atoms with Crippen molar-refractivity contribution in [3.63, 3.8) is 0 Å². The summed E-state index contributed by atoms with van der Waals surface area (Å²) in [6.07, 6.45) is 1.32. The Morgan fingerprint density at radius 3 is 2.79 bits per heavy atom. The molecule has 28 heavy (non-hydrogen) atoms. The molecule has 140 valence electrons. The summed E-state index contributed by atoms with van der Waals surface area (Å²) in [5, 5.41) is 25.0. The molecule has 6 nitrogen and oxygen atoms in total. The molecule has 1 aromatic carbocycles. The van der Waals surface area contributed by atoms with Crippen LogP contribution in [0.2, 0.25) is 5.02 Å². The molecule has 1 amide bonds. The summed E-state index contributed by atoms with van der Waals surface area (Å²) in [7, 11) is 0. The molecule has 0 aliphatic heterocycles. The van der Waals surface area contributed by atoms with Gasteiger partial charge in [0.1, 0.15) is 23.2 Å². The molecular formula is C20H12ClN2O4S-. The van der Waals surface area contributed by atoms with Gasteiger partial charge in [-0.15, -0.1) is 11.3 Å². The summed E-state index contributed by atoms with van der Waals surface area (Å²) in [6.45, 7) is 0.329. The van der Waals surface area contributed by atoms with Crippen molar-refractivity contribution in [1.82, 2.24) is 5.32 Å². The van der Waals surface area contributed by atoms with E-state index in [0.29, 0.717) is 17.9 Å². The second-order valence-electron chi connectivity index (χ2n) is 5.62. The molecule has 1 N–H and O–H groups in total. The van der Waals surface area contributed by atoms with Crippen LogP contribution in [0.1, 0.15) is 21.0 Å². The molecule has 2 heterocycles. The number of nitrogens with zero attached hydrogens (tertiary/aromatic N) is 1. The van der Waals surface area contributed by atoms with E-state index in [1.807, 2.05) is 23.6 Å². The predicted molar refractivity (Wildman–Crippen MR) is 103 cm³/mol. The number of aromatic carboxylic acids is 1. The number of hydrogen-bond donors (Lipinski definition) is 1. The van der Waals surface area contributed by atoms with Gasteiger partial charge in [0.05, 0.1) is 12.5 Å². The second-order valence-corrected chi connectivity index (χ2v) is 7.06. The van der Waals surface area contributed by atoms with E-state index in [2.05, 4.69) is 5.32 Å². The smallest absolute Gasteiger partial charge is 0.262 e. The Morgan fingerprint density at radius 2 is 2.11 bits per heavy atom. The zero-order chi connectivity index (χ0) is 20.1. The maximum absolute atomic E-state index is 12.2. The number of benzene rings is 1. The van der Waals surface area contributed by atoms with E-state index < -0.39 is 11.9 Å². The van der Waals surface area contributed by atoms with Crippen molar-refractivity contribution in [2.24, 2.45) is 0 Å². The molecule has 0 aliphatic carbocycles. The van der Waals surface area contributed by atoms with Crippen LogP contribution in [0.5, 0.6) is 0 Å². The van der Waals surface area contributed by atoms with E-state index in [1.54, 1.807) is 18.2 Å². The van der Waals surface area contributed by atoms with Crippen molar-refractivity contribution in [3.05, 3.63) is 74.6 Å². The fraction of sp³-hybridized carbons (Fsp3) is 0.0500. The van der Waals surface area contributed by atoms with E-state index >= 15 is 0 Å². The van der Waals surface area contributed by atoms with Crippen LogP contribution in [-0.2, 0) is 11.3 Å². The molecule has 0 unspecified atom stereocenters. The van der Waals surface area contributed by atoms with E-state index in [9.17, 15) is 20.0 Å². The van der Waals surface area contributed by atoms with Gasteiger partial charge in [-0.05, 0) is 41.8 Å². The molecule has 2 aromatic heterocycles. The third-order valence-corrected chi connectivity index (χ3v) is 4.96. The molecule has 0 saturated carbocycles. The van der Waals surface area contributed by atoms with Crippen molar-refractivity contribution in [3.8, 4) is 17.4 Å². The zero-order valence-electron chi connectivity index (χ0n) is 14.3. The fourth-order valence-corrected chi connectivity index (χ4v) is 3.23. The Kier molecular flexibility index (Phi) is 5.94. The number of rotatable bonds is 6. The second kappa shape index (κ2) is 8.57. The number of carboxylic acid groups (broad SMARTS) is 1. The maximum Gasteiger partial charge on any atom is 0.262 e. The number of furan rings is 1. The number of amides is 1. The quantitative estimate of drug-likeness (QED) is 0.495. The molecule has 0 radical (unpaired) electrons. The van der Waals surface area contributed by atoms with E-state index in [4.69, 9.17) is 16.0 Å². The number of halogens is 1. The van der Waals surface area contributed by atoms with Gasteiger partial charge in [-0.25, -0.2) is 0 Å². The number of thiophene rings is 1. The highest BCUT2D eigenvalue weighted by Crippen LogP contribution is 2.27. The van der Waals surface area contributed by atoms with Crippen LogP contribution in [-0.4, -0.2) is 11.9 Å². The van der Waals surface area contributed by atoms with Crippen molar-refractivity contribution in [2.75, 3.05) is 0 Å². The first-order valence-corrected chi connectivity index (χ1v) is 9.27. The Hall–Kier alpha value is -3.34. The average Bonchev–Trinajstić information content (AvgIpc) is 3.36. The minimum Gasteiger partial charge on any atom is -0.545 e. The van der Waals surface area contributed by atoms with Gasteiger partial charge in [-0.1, -0.05) is 17.7 Å². The van der Waals surface area contributed by atoms with Crippen LogP contribution in [0.25, 0.3) is 17.4 Å². The highest BCUT2D eigenvalue weighted by atomic mass is 35.5. The van der Waals surface area contributed by atoms with Crippen LogP contribution in [0.3, 0.4) is 0 Å². The topological polar surface area (TPSA) is 106 Å². The van der Waals surface area contributed by atoms with Gasteiger partial charge < -0.3 is 19.6 Å². The van der Waals surface area contributed by atoms with Gasteiger partial charge in [0.2, 0.25) is 0 Å². The lowest BCUT2D eigenvalue weighted by Gasteiger charge is -2.06. The van der Waals surface area contributed by atoms with Crippen molar-refractivity contribution in [2.45, 2.75) is 6.54 Å². The summed E-state index contributed by atoms with van der Waals surface area (Å²) in [4.78, 5) is 24.3. The predicted octanol–water partition coefficient (Wildman–Crippen LogP) is 3.25. The van der Waals surface area contributed by atoms with Gasteiger partial charge >= 0.3 is 0 Å². The van der Waals surface area contributed by atoms with Crippen LogP contribution < -0.4 is 10.4 Å².